The number of aromatic amines is 2. The third-order valence-electron chi connectivity index (χ3n) is 5.47. The van der Waals surface area contributed by atoms with Crippen molar-refractivity contribution in [3.63, 3.8) is 0 Å². The third kappa shape index (κ3) is 3.22. The van der Waals surface area contributed by atoms with Crippen molar-refractivity contribution in [3.8, 4) is 0 Å². The average molecular weight is 401 g/mol. The van der Waals surface area contributed by atoms with Crippen LogP contribution in [0.1, 0.15) is 17.0 Å². The van der Waals surface area contributed by atoms with Crippen molar-refractivity contribution in [2.24, 2.45) is 4.99 Å². The maximum Gasteiger partial charge on any atom is 0.0874 e. The molecule has 0 fully saturated rings. The Kier molecular flexibility index (Phi) is 3.86. The summed E-state index contributed by atoms with van der Waals surface area (Å²) in [7, 11) is 0. The second kappa shape index (κ2) is 6.85. The Labute approximate surface area is 178 Å². The molecule has 0 saturated carbocycles. The van der Waals surface area contributed by atoms with Gasteiger partial charge >= 0.3 is 0 Å². The van der Waals surface area contributed by atoms with Crippen molar-refractivity contribution in [1.82, 2.24) is 15.3 Å². The van der Waals surface area contributed by atoms with Gasteiger partial charge in [-0.1, -0.05) is 30.3 Å². The van der Waals surface area contributed by atoms with Crippen LogP contribution in [0.15, 0.2) is 94.9 Å². The molecule has 6 rings (SSSR count). The maximum absolute atomic E-state index is 8.87. The van der Waals surface area contributed by atoms with Gasteiger partial charge in [-0.05, 0) is 66.3 Å². The van der Waals surface area contributed by atoms with Gasteiger partial charge in [-0.3, -0.25) is 5.41 Å². The standard InChI is InChI=1S/C26H19N5/c27-26-24-15-22-11-9-20(30-22)13-18-7-6-17(28-18)12-19-8-10-21(29-19)14-23(31-24)25(26)16-4-2-1-3-5-16/h1-15,27-28,30-31H. The lowest BCUT2D eigenvalue weighted by Crippen LogP contribution is -2.11. The molecule has 2 aromatic heterocycles. The molecular formula is C26H19N5. The van der Waals surface area contributed by atoms with E-state index in [9.17, 15) is 0 Å². The van der Waals surface area contributed by atoms with E-state index in [-0.39, 0.29) is 0 Å². The average Bonchev–Trinajstić information content (AvgIpc) is 3.55. The zero-order valence-corrected chi connectivity index (χ0v) is 16.6. The molecule has 3 aromatic rings. The second-order valence-corrected chi connectivity index (χ2v) is 7.68. The normalized spacial score (nSPS) is 16.9. The Morgan fingerprint density at radius 3 is 2.32 bits per heavy atom. The van der Waals surface area contributed by atoms with Crippen molar-refractivity contribution >= 4 is 35.2 Å². The minimum absolute atomic E-state index is 0.467. The fraction of sp³-hybridized carbons (Fsp3) is 0. The second-order valence-electron chi connectivity index (χ2n) is 7.68. The first kappa shape index (κ1) is 17.5. The van der Waals surface area contributed by atoms with Crippen LogP contribution in [0.4, 0.5) is 0 Å². The van der Waals surface area contributed by atoms with Crippen LogP contribution in [-0.2, 0) is 0 Å². The summed E-state index contributed by atoms with van der Waals surface area (Å²) in [6.07, 6.45) is 12.1. The lowest BCUT2D eigenvalue weighted by atomic mass is 10.00. The number of nitrogens with zero attached hydrogens (tertiary/aromatic N) is 1. The zero-order chi connectivity index (χ0) is 20.8. The van der Waals surface area contributed by atoms with Crippen LogP contribution in [0.5, 0.6) is 0 Å². The molecule has 5 heteroatoms. The molecule has 4 N–H and O–H groups in total. The Bertz CT molecular complexity index is 1500. The van der Waals surface area contributed by atoms with Crippen molar-refractivity contribution in [1.29, 1.82) is 5.41 Å². The first-order chi connectivity index (χ1) is 15.2. The fourth-order valence-electron chi connectivity index (χ4n) is 4.04. The van der Waals surface area contributed by atoms with Gasteiger partial charge in [0.2, 0.25) is 0 Å². The predicted octanol–water partition coefficient (Wildman–Crippen LogP) is 3.24. The highest BCUT2D eigenvalue weighted by molar-refractivity contribution is 6.34. The lowest BCUT2D eigenvalue weighted by Gasteiger charge is -2.03. The highest BCUT2D eigenvalue weighted by Gasteiger charge is 2.25. The molecule has 31 heavy (non-hydrogen) atoms. The summed E-state index contributed by atoms with van der Waals surface area (Å²) >= 11 is 0. The van der Waals surface area contributed by atoms with Crippen LogP contribution >= 0.6 is 0 Å². The van der Waals surface area contributed by atoms with Crippen molar-refractivity contribution < 1.29 is 0 Å². The molecule has 148 valence electrons. The Morgan fingerprint density at radius 1 is 0.710 bits per heavy atom. The van der Waals surface area contributed by atoms with E-state index < -0.39 is 0 Å². The van der Waals surface area contributed by atoms with Gasteiger partial charge < -0.3 is 15.3 Å². The van der Waals surface area contributed by atoms with Crippen molar-refractivity contribution in [2.75, 3.05) is 0 Å². The molecule has 0 spiro atoms. The highest BCUT2D eigenvalue weighted by atomic mass is 15.0. The number of rotatable bonds is 1. The Hall–Kier alpha value is -4.38. The summed E-state index contributed by atoms with van der Waals surface area (Å²) in [6.45, 7) is 0. The van der Waals surface area contributed by atoms with E-state index in [0.717, 1.165) is 56.0 Å². The third-order valence-corrected chi connectivity index (χ3v) is 5.47. The summed E-state index contributed by atoms with van der Waals surface area (Å²) in [5.74, 6) is 0. The summed E-state index contributed by atoms with van der Waals surface area (Å²) in [5.41, 5.74) is 7.64. The molecule has 3 aliphatic heterocycles. The number of aromatic nitrogens is 2. The SMILES string of the molecule is N=C1C2=Cc3ccc([nH]3)C=c3ccc([nH]3)=CC3=NC(=CC(=C1c1ccccc1)N2)C=C3. The minimum atomic E-state index is 0.467. The molecular weight excluding hydrogens is 382 g/mol. The lowest BCUT2D eigenvalue weighted by molar-refractivity contribution is 1.10. The number of nitrogens with one attached hydrogen (secondary N) is 4. The number of benzene rings is 1. The number of H-pyrrole nitrogens is 2. The molecule has 0 aliphatic carbocycles. The summed E-state index contributed by atoms with van der Waals surface area (Å²) in [5, 5.41) is 14.3. The predicted molar refractivity (Wildman–Crippen MR) is 126 cm³/mol. The van der Waals surface area contributed by atoms with Crippen LogP contribution in [0.3, 0.4) is 0 Å². The highest BCUT2D eigenvalue weighted by Crippen LogP contribution is 2.30. The maximum atomic E-state index is 8.87. The molecule has 0 atom stereocenters. The van der Waals surface area contributed by atoms with Crippen molar-refractivity contribution in [2.45, 2.75) is 0 Å². The van der Waals surface area contributed by atoms with Crippen LogP contribution in [0.2, 0.25) is 0 Å². The monoisotopic (exact) mass is 401 g/mol. The first-order valence-corrected chi connectivity index (χ1v) is 10.1. The van der Waals surface area contributed by atoms with Crippen LogP contribution < -0.4 is 16.0 Å². The summed E-state index contributed by atoms with van der Waals surface area (Å²) in [6, 6.07) is 18.2. The van der Waals surface area contributed by atoms with E-state index in [1.807, 2.05) is 72.8 Å². The number of aliphatic imine (C=N–C) groups is 1. The largest absolute Gasteiger partial charge is 0.355 e. The number of fused-ring (bicyclic) bond motifs is 7. The van der Waals surface area contributed by atoms with Crippen LogP contribution in [-0.4, -0.2) is 21.4 Å². The summed E-state index contributed by atoms with van der Waals surface area (Å²) < 4.78 is 0. The first-order valence-electron chi connectivity index (χ1n) is 10.1. The van der Waals surface area contributed by atoms with Gasteiger partial charge in [-0.15, -0.1) is 0 Å². The smallest absolute Gasteiger partial charge is 0.0874 e. The molecule has 1 aromatic carbocycles. The molecule has 5 heterocycles. The van der Waals surface area contributed by atoms with Crippen molar-refractivity contribution in [3.05, 3.63) is 118 Å². The molecule has 0 amide bonds. The number of allylic oxidation sites excluding steroid dienone is 4. The molecule has 3 aliphatic rings. The van der Waals surface area contributed by atoms with Gasteiger partial charge in [-0.2, -0.15) is 0 Å². The van der Waals surface area contributed by atoms with E-state index in [1.165, 1.54) is 0 Å². The van der Waals surface area contributed by atoms with Gasteiger partial charge in [0.25, 0.3) is 0 Å². The van der Waals surface area contributed by atoms with Gasteiger partial charge in [0, 0.05) is 27.7 Å². The Balaban J connectivity index is 1.57. The van der Waals surface area contributed by atoms with E-state index in [1.54, 1.807) is 0 Å². The topological polar surface area (TPSA) is 79.8 Å². The van der Waals surface area contributed by atoms with E-state index >= 15 is 0 Å². The number of hydrogen-bond acceptors (Lipinski definition) is 3. The van der Waals surface area contributed by atoms with Crippen LogP contribution in [0.25, 0.3) is 23.8 Å². The molecule has 0 unspecified atom stereocenters. The van der Waals surface area contributed by atoms with Crippen LogP contribution in [0, 0.1) is 5.41 Å². The molecule has 5 nitrogen and oxygen atoms in total. The summed E-state index contributed by atoms with van der Waals surface area (Å²) in [4.78, 5) is 11.6. The van der Waals surface area contributed by atoms with E-state index in [4.69, 9.17) is 10.4 Å². The van der Waals surface area contributed by atoms with Gasteiger partial charge in [0.05, 0.1) is 28.5 Å². The number of hydrogen-bond donors (Lipinski definition) is 4. The fourth-order valence-corrected chi connectivity index (χ4v) is 4.04. The van der Waals surface area contributed by atoms with Gasteiger partial charge in [0.15, 0.2) is 0 Å². The van der Waals surface area contributed by atoms with E-state index in [0.29, 0.717) is 5.71 Å². The van der Waals surface area contributed by atoms with Gasteiger partial charge in [0.1, 0.15) is 0 Å². The molecule has 0 radical (unpaired) electrons. The molecule has 0 saturated heterocycles. The van der Waals surface area contributed by atoms with E-state index in [2.05, 4.69) is 33.5 Å². The quantitative estimate of drug-likeness (QED) is 0.496. The Morgan fingerprint density at radius 2 is 1.48 bits per heavy atom. The zero-order valence-electron chi connectivity index (χ0n) is 16.6. The minimum Gasteiger partial charge on any atom is -0.355 e. The molecule has 8 bridgehead atoms. The van der Waals surface area contributed by atoms with Gasteiger partial charge in [-0.25, -0.2) is 4.99 Å².